The molecule has 0 aromatic heterocycles. The van der Waals surface area contributed by atoms with Crippen LogP contribution in [-0.4, -0.2) is 24.2 Å². The summed E-state index contributed by atoms with van der Waals surface area (Å²) in [5.74, 6) is 0. The summed E-state index contributed by atoms with van der Waals surface area (Å²) in [5, 5.41) is 0. The number of hydrogen-bond acceptors (Lipinski definition) is 2. The highest BCUT2D eigenvalue weighted by Crippen LogP contribution is 2.07. The van der Waals surface area contributed by atoms with Crippen molar-refractivity contribution in [2.24, 2.45) is 4.99 Å². The van der Waals surface area contributed by atoms with Crippen molar-refractivity contribution in [3.8, 4) is 0 Å². The molecule has 10 heavy (non-hydrogen) atoms. The van der Waals surface area contributed by atoms with E-state index in [2.05, 4.69) is 30.1 Å². The van der Waals surface area contributed by atoms with Crippen molar-refractivity contribution in [3.63, 3.8) is 0 Å². The summed E-state index contributed by atoms with van der Waals surface area (Å²) >= 11 is 0. The Hall–Kier alpha value is -0.790. The molecule has 1 heterocycles. The molecule has 1 aliphatic rings. The maximum absolute atomic E-state index is 4.22. The molecule has 0 amide bonds. The molecule has 0 bridgehead atoms. The third kappa shape index (κ3) is 1.59. The Labute approximate surface area is 62.3 Å². The summed E-state index contributed by atoms with van der Waals surface area (Å²) in [7, 11) is 2.09. The van der Waals surface area contributed by atoms with Gasteiger partial charge in [-0.1, -0.05) is 0 Å². The molecule has 1 rings (SSSR count). The van der Waals surface area contributed by atoms with Crippen LogP contribution in [-0.2, 0) is 0 Å². The van der Waals surface area contributed by atoms with Gasteiger partial charge >= 0.3 is 0 Å². The van der Waals surface area contributed by atoms with Crippen molar-refractivity contribution in [3.05, 3.63) is 11.9 Å². The minimum Gasteiger partial charge on any atom is -0.376 e. The van der Waals surface area contributed by atoms with E-state index in [-0.39, 0.29) is 0 Å². The Morgan fingerprint density at radius 1 is 1.70 bits per heavy atom. The van der Waals surface area contributed by atoms with Crippen molar-refractivity contribution in [2.45, 2.75) is 26.3 Å². The first-order valence-corrected chi connectivity index (χ1v) is 3.63. The van der Waals surface area contributed by atoms with Crippen molar-refractivity contribution in [1.29, 1.82) is 0 Å². The van der Waals surface area contributed by atoms with Crippen molar-refractivity contribution >= 4 is 6.21 Å². The van der Waals surface area contributed by atoms with Crippen LogP contribution in [0, 0.1) is 0 Å². The fourth-order valence-electron chi connectivity index (χ4n) is 0.971. The minimum atomic E-state index is 0.584. The van der Waals surface area contributed by atoms with Crippen LogP contribution in [0.5, 0.6) is 0 Å². The Morgan fingerprint density at radius 3 is 3.10 bits per heavy atom. The third-order valence-electron chi connectivity index (χ3n) is 1.83. The SMILES string of the molecule is CC1=CN(C)C(C)CC=N1. The van der Waals surface area contributed by atoms with Crippen LogP contribution >= 0.6 is 0 Å². The fourth-order valence-corrected chi connectivity index (χ4v) is 0.971. The van der Waals surface area contributed by atoms with Crippen LogP contribution < -0.4 is 0 Å². The predicted octanol–water partition coefficient (Wildman–Crippen LogP) is 1.64. The Morgan fingerprint density at radius 2 is 2.40 bits per heavy atom. The first kappa shape index (κ1) is 7.32. The fraction of sp³-hybridized carbons (Fsp3) is 0.625. The van der Waals surface area contributed by atoms with Crippen LogP contribution in [0.2, 0.25) is 0 Å². The first-order valence-electron chi connectivity index (χ1n) is 3.63. The van der Waals surface area contributed by atoms with Crippen molar-refractivity contribution < 1.29 is 0 Å². The topological polar surface area (TPSA) is 15.6 Å². The second kappa shape index (κ2) is 2.86. The van der Waals surface area contributed by atoms with Gasteiger partial charge in [0.05, 0.1) is 5.70 Å². The Kier molecular flexibility index (Phi) is 2.10. The number of rotatable bonds is 0. The van der Waals surface area contributed by atoms with Crippen LogP contribution in [0.3, 0.4) is 0 Å². The van der Waals surface area contributed by atoms with Gasteiger partial charge in [0.1, 0.15) is 0 Å². The molecule has 0 saturated heterocycles. The van der Waals surface area contributed by atoms with Crippen molar-refractivity contribution in [2.75, 3.05) is 7.05 Å². The lowest BCUT2D eigenvalue weighted by atomic mass is 10.2. The summed E-state index contributed by atoms with van der Waals surface area (Å²) in [6.45, 7) is 4.21. The van der Waals surface area contributed by atoms with E-state index in [0.29, 0.717) is 6.04 Å². The molecule has 1 unspecified atom stereocenters. The van der Waals surface area contributed by atoms with Crippen LogP contribution in [0.25, 0.3) is 0 Å². The van der Waals surface area contributed by atoms with Gasteiger partial charge in [-0.2, -0.15) is 0 Å². The standard InChI is InChI=1S/C8H14N2/c1-7-6-10(3)8(2)4-5-9-7/h5-6,8H,4H2,1-3H3. The van der Waals surface area contributed by atoms with Crippen LogP contribution in [0.15, 0.2) is 16.9 Å². The smallest absolute Gasteiger partial charge is 0.0527 e. The molecule has 56 valence electrons. The minimum absolute atomic E-state index is 0.584. The van der Waals surface area contributed by atoms with Crippen molar-refractivity contribution in [1.82, 2.24) is 4.90 Å². The molecular formula is C8H14N2. The molecule has 0 aromatic rings. The second-order valence-corrected chi connectivity index (χ2v) is 2.83. The summed E-state index contributed by atoms with van der Waals surface area (Å²) in [4.78, 5) is 6.42. The molecule has 2 heteroatoms. The van der Waals surface area contributed by atoms with Gasteiger partial charge in [0.25, 0.3) is 0 Å². The highest BCUT2D eigenvalue weighted by atomic mass is 15.1. The zero-order valence-corrected chi connectivity index (χ0v) is 6.83. The van der Waals surface area contributed by atoms with Gasteiger partial charge in [0, 0.05) is 31.9 Å². The molecular weight excluding hydrogens is 124 g/mol. The summed E-state index contributed by atoms with van der Waals surface area (Å²) in [5.41, 5.74) is 1.09. The van der Waals surface area contributed by atoms with E-state index in [0.717, 1.165) is 12.1 Å². The van der Waals surface area contributed by atoms with Crippen LogP contribution in [0.1, 0.15) is 20.3 Å². The molecule has 0 fully saturated rings. The maximum atomic E-state index is 4.22. The van der Waals surface area contributed by atoms with E-state index in [9.17, 15) is 0 Å². The second-order valence-electron chi connectivity index (χ2n) is 2.83. The van der Waals surface area contributed by atoms with E-state index < -0.39 is 0 Å². The van der Waals surface area contributed by atoms with Gasteiger partial charge in [-0.05, 0) is 13.8 Å². The molecule has 0 saturated carbocycles. The first-order chi connectivity index (χ1) is 4.70. The highest BCUT2D eigenvalue weighted by molar-refractivity contribution is 5.60. The van der Waals surface area contributed by atoms with Gasteiger partial charge in [0.2, 0.25) is 0 Å². The quantitative estimate of drug-likeness (QED) is 0.497. The zero-order chi connectivity index (χ0) is 7.56. The van der Waals surface area contributed by atoms with Crippen LogP contribution in [0.4, 0.5) is 0 Å². The van der Waals surface area contributed by atoms with E-state index in [1.54, 1.807) is 0 Å². The van der Waals surface area contributed by atoms with Gasteiger partial charge in [0.15, 0.2) is 0 Å². The number of allylic oxidation sites excluding steroid dienone is 1. The maximum Gasteiger partial charge on any atom is 0.0527 e. The summed E-state index contributed by atoms with van der Waals surface area (Å²) < 4.78 is 0. The lowest BCUT2D eigenvalue weighted by Crippen LogP contribution is -2.23. The molecule has 1 atom stereocenters. The molecule has 0 aliphatic carbocycles. The van der Waals surface area contributed by atoms with Gasteiger partial charge in [-0.15, -0.1) is 0 Å². The van der Waals surface area contributed by atoms with E-state index in [1.807, 2.05) is 13.1 Å². The zero-order valence-electron chi connectivity index (χ0n) is 6.83. The normalized spacial score (nSPS) is 26.1. The Balaban J connectivity index is 2.71. The average molecular weight is 138 g/mol. The van der Waals surface area contributed by atoms with E-state index in [4.69, 9.17) is 0 Å². The molecule has 2 nitrogen and oxygen atoms in total. The van der Waals surface area contributed by atoms with E-state index >= 15 is 0 Å². The Bertz CT molecular complexity index is 170. The number of nitrogens with zero attached hydrogens (tertiary/aromatic N) is 2. The third-order valence-corrected chi connectivity index (χ3v) is 1.83. The largest absolute Gasteiger partial charge is 0.376 e. The lowest BCUT2D eigenvalue weighted by molar-refractivity contribution is 0.362. The highest BCUT2D eigenvalue weighted by Gasteiger charge is 2.06. The van der Waals surface area contributed by atoms with Gasteiger partial charge in [-0.25, -0.2) is 0 Å². The summed E-state index contributed by atoms with van der Waals surface area (Å²) in [6.07, 6.45) is 5.11. The number of aliphatic imine (C=N–C) groups is 1. The van der Waals surface area contributed by atoms with E-state index in [1.165, 1.54) is 0 Å². The van der Waals surface area contributed by atoms with Gasteiger partial charge < -0.3 is 4.90 Å². The molecule has 0 spiro atoms. The molecule has 0 N–H and O–H groups in total. The number of hydrogen-bond donors (Lipinski definition) is 0. The lowest BCUT2D eigenvalue weighted by Gasteiger charge is -2.19. The average Bonchev–Trinajstić information content (AvgIpc) is 1.96. The monoisotopic (exact) mass is 138 g/mol. The molecule has 0 aromatic carbocycles. The summed E-state index contributed by atoms with van der Waals surface area (Å²) in [6, 6.07) is 0.584. The predicted molar refractivity (Wildman–Crippen MR) is 44.1 cm³/mol. The van der Waals surface area contributed by atoms with Gasteiger partial charge in [-0.3, -0.25) is 4.99 Å². The molecule has 0 radical (unpaired) electrons. The molecule has 1 aliphatic heterocycles.